The van der Waals surface area contributed by atoms with Crippen LogP contribution in [0.5, 0.6) is 0 Å². The maximum Gasteiger partial charge on any atom is 0.416 e. The number of amides is 1. The van der Waals surface area contributed by atoms with Gasteiger partial charge in [0.2, 0.25) is 11.9 Å². The number of aromatic nitrogens is 2. The average molecular weight is 458 g/mol. The number of nitrogens with zero attached hydrogens (tertiary/aromatic N) is 3. The van der Waals surface area contributed by atoms with E-state index in [1.807, 2.05) is 25.1 Å². The summed E-state index contributed by atoms with van der Waals surface area (Å²) in [5, 5.41) is 6.70. The molecule has 1 aromatic heterocycles. The first kappa shape index (κ1) is 22.6. The zero-order valence-corrected chi connectivity index (χ0v) is 18.3. The van der Waals surface area contributed by atoms with Crippen molar-refractivity contribution in [3.8, 4) is 0 Å². The van der Waals surface area contributed by atoms with Crippen LogP contribution in [-0.4, -0.2) is 35.0 Å². The van der Waals surface area contributed by atoms with Crippen LogP contribution in [0.25, 0.3) is 10.9 Å². The molecular weight excluding hydrogens is 433 g/mol. The average Bonchev–Trinajstić information content (AvgIpc) is 2.72. The molecule has 2 aromatic carbocycles. The van der Waals surface area contributed by atoms with E-state index < -0.39 is 11.7 Å². The Kier molecular flexibility index (Phi) is 6.01. The summed E-state index contributed by atoms with van der Waals surface area (Å²) in [7, 11) is 0. The summed E-state index contributed by atoms with van der Waals surface area (Å²) in [5.74, 6) is 0.753. The molecule has 4 rings (SSSR count). The normalized spacial score (nSPS) is 16.6. The number of halogens is 3. The number of aryl methyl sites for hydroxylation is 1. The van der Waals surface area contributed by atoms with Crippen LogP contribution >= 0.6 is 0 Å². The van der Waals surface area contributed by atoms with Gasteiger partial charge in [0.25, 0.3) is 0 Å². The highest BCUT2D eigenvalue weighted by atomic mass is 19.4. The van der Waals surface area contributed by atoms with Crippen molar-refractivity contribution >= 4 is 40.0 Å². The molecule has 2 heterocycles. The third-order valence-electron chi connectivity index (χ3n) is 5.58. The molecule has 10 heteroatoms. The summed E-state index contributed by atoms with van der Waals surface area (Å²) in [6.07, 6.45) is -2.79. The van der Waals surface area contributed by atoms with Crippen molar-refractivity contribution in [1.29, 1.82) is 0 Å². The Morgan fingerprint density at radius 3 is 2.73 bits per heavy atom. The molecule has 3 aromatic rings. The van der Waals surface area contributed by atoms with Crippen LogP contribution < -0.4 is 21.3 Å². The smallest absolute Gasteiger partial charge is 0.399 e. The Hall–Kier alpha value is -3.56. The first-order valence-electron chi connectivity index (χ1n) is 10.6. The molecule has 33 heavy (non-hydrogen) atoms. The number of carbonyl (C=O) groups is 1. The minimum Gasteiger partial charge on any atom is -0.399 e. The van der Waals surface area contributed by atoms with Crippen molar-refractivity contribution in [2.45, 2.75) is 38.9 Å². The molecule has 1 amide bonds. The second-order valence-corrected chi connectivity index (χ2v) is 8.29. The Labute approximate surface area is 189 Å². The van der Waals surface area contributed by atoms with E-state index in [9.17, 15) is 18.0 Å². The van der Waals surface area contributed by atoms with E-state index in [2.05, 4.69) is 25.5 Å². The van der Waals surface area contributed by atoms with E-state index >= 15 is 0 Å². The van der Waals surface area contributed by atoms with Crippen LogP contribution in [0, 0.1) is 6.92 Å². The number of nitrogens with two attached hydrogens (primary N) is 1. The summed E-state index contributed by atoms with van der Waals surface area (Å²) < 4.78 is 39.7. The van der Waals surface area contributed by atoms with Gasteiger partial charge in [0.1, 0.15) is 5.82 Å². The molecule has 1 fully saturated rings. The number of nitrogen functional groups attached to an aromatic ring is 1. The number of hydrogen-bond acceptors (Lipinski definition) is 6. The van der Waals surface area contributed by atoms with Crippen molar-refractivity contribution in [3.63, 3.8) is 0 Å². The van der Waals surface area contributed by atoms with Crippen LogP contribution in [-0.2, 0) is 11.0 Å². The van der Waals surface area contributed by atoms with Crippen LogP contribution in [0.3, 0.4) is 0 Å². The van der Waals surface area contributed by atoms with Crippen molar-refractivity contribution < 1.29 is 18.0 Å². The van der Waals surface area contributed by atoms with Gasteiger partial charge in [0.15, 0.2) is 0 Å². The molecule has 4 N–H and O–H groups in total. The van der Waals surface area contributed by atoms with Crippen LogP contribution in [0.1, 0.15) is 30.9 Å². The minimum atomic E-state index is -4.52. The molecule has 0 spiro atoms. The number of piperidine rings is 1. The quantitative estimate of drug-likeness (QED) is 0.502. The Balaban J connectivity index is 1.74. The number of fused-ring (bicyclic) bond motifs is 1. The van der Waals surface area contributed by atoms with Crippen molar-refractivity contribution in [1.82, 2.24) is 15.3 Å². The molecule has 1 atom stereocenters. The SMILES string of the molecule is CC(=O)N[C@@H]1CCCN(c2nc(Nc3cc(N)cc(C(F)(F)F)c3)nc3c(C)cccc23)C1. The first-order valence-corrected chi connectivity index (χ1v) is 10.6. The van der Waals surface area contributed by atoms with E-state index in [1.54, 1.807) is 0 Å². The second kappa shape index (κ2) is 8.76. The van der Waals surface area contributed by atoms with E-state index in [-0.39, 0.29) is 29.3 Å². The molecule has 0 saturated carbocycles. The van der Waals surface area contributed by atoms with Gasteiger partial charge in [-0.05, 0) is 49.6 Å². The molecule has 0 aliphatic carbocycles. The number of carbonyl (C=O) groups excluding carboxylic acids is 1. The Bertz CT molecular complexity index is 1200. The van der Waals surface area contributed by atoms with Crippen LogP contribution in [0.2, 0.25) is 0 Å². The summed E-state index contributed by atoms with van der Waals surface area (Å²) in [5.41, 5.74) is 6.60. The standard InChI is InChI=1S/C23H25F3N6O/c1-13-5-3-7-19-20(13)30-22(29-18-10-15(23(24,25)26)9-16(27)11-18)31-21(19)32-8-4-6-17(12-32)28-14(2)33/h3,5,7,9-11,17H,4,6,8,12,27H2,1-2H3,(H,28,33)(H,29,30,31)/t17-/m1/s1. The van der Waals surface area contributed by atoms with Gasteiger partial charge in [0, 0.05) is 42.8 Å². The van der Waals surface area contributed by atoms with Gasteiger partial charge in [-0.2, -0.15) is 18.2 Å². The number of anilines is 4. The summed E-state index contributed by atoms with van der Waals surface area (Å²) in [6, 6.07) is 9.03. The topological polar surface area (TPSA) is 96.2 Å². The van der Waals surface area contributed by atoms with Gasteiger partial charge in [-0.3, -0.25) is 4.79 Å². The number of para-hydroxylation sites is 1. The van der Waals surface area contributed by atoms with Crippen molar-refractivity contribution in [2.24, 2.45) is 0 Å². The number of rotatable bonds is 4. The minimum absolute atomic E-state index is 0.00857. The zero-order valence-electron chi connectivity index (χ0n) is 18.3. The summed E-state index contributed by atoms with van der Waals surface area (Å²) in [6.45, 7) is 4.73. The largest absolute Gasteiger partial charge is 0.416 e. The van der Waals surface area contributed by atoms with Crippen molar-refractivity contribution in [2.75, 3.05) is 29.0 Å². The summed E-state index contributed by atoms with van der Waals surface area (Å²) >= 11 is 0. The fraction of sp³-hybridized carbons (Fsp3) is 0.348. The van der Waals surface area contributed by atoms with E-state index in [0.29, 0.717) is 17.9 Å². The van der Waals surface area contributed by atoms with Crippen molar-refractivity contribution in [3.05, 3.63) is 47.5 Å². The fourth-order valence-electron chi connectivity index (χ4n) is 4.17. The Morgan fingerprint density at radius 2 is 2.00 bits per heavy atom. The summed E-state index contributed by atoms with van der Waals surface area (Å²) in [4.78, 5) is 22.9. The Morgan fingerprint density at radius 1 is 1.21 bits per heavy atom. The van der Waals surface area contributed by atoms with Gasteiger partial charge in [0.05, 0.1) is 11.1 Å². The number of nitrogens with one attached hydrogen (secondary N) is 2. The highest BCUT2D eigenvalue weighted by Crippen LogP contribution is 2.34. The monoisotopic (exact) mass is 458 g/mol. The van der Waals surface area contributed by atoms with Gasteiger partial charge in [-0.15, -0.1) is 0 Å². The zero-order chi connectivity index (χ0) is 23.8. The van der Waals surface area contributed by atoms with Gasteiger partial charge in [-0.25, -0.2) is 4.98 Å². The third-order valence-corrected chi connectivity index (χ3v) is 5.58. The fourth-order valence-corrected chi connectivity index (χ4v) is 4.17. The lowest BCUT2D eigenvalue weighted by molar-refractivity contribution is -0.137. The second-order valence-electron chi connectivity index (χ2n) is 8.29. The third kappa shape index (κ3) is 5.10. The van der Waals surface area contributed by atoms with Crippen LogP contribution in [0.15, 0.2) is 36.4 Å². The van der Waals surface area contributed by atoms with E-state index in [4.69, 9.17) is 5.73 Å². The van der Waals surface area contributed by atoms with Crippen LogP contribution in [0.4, 0.5) is 36.3 Å². The highest BCUT2D eigenvalue weighted by Gasteiger charge is 2.31. The molecule has 0 unspecified atom stereocenters. The molecule has 1 saturated heterocycles. The number of hydrogen-bond donors (Lipinski definition) is 3. The first-order chi connectivity index (χ1) is 15.6. The van der Waals surface area contributed by atoms with E-state index in [1.165, 1.54) is 13.0 Å². The maximum atomic E-state index is 13.2. The lowest BCUT2D eigenvalue weighted by atomic mass is 10.0. The molecule has 0 bridgehead atoms. The number of alkyl halides is 3. The molecule has 1 aliphatic heterocycles. The lowest BCUT2D eigenvalue weighted by Crippen LogP contribution is -2.47. The van der Waals surface area contributed by atoms with Gasteiger partial charge >= 0.3 is 6.18 Å². The predicted octanol–water partition coefficient (Wildman–Crippen LogP) is 4.39. The molecule has 174 valence electrons. The molecule has 1 aliphatic rings. The highest BCUT2D eigenvalue weighted by molar-refractivity contribution is 5.93. The lowest BCUT2D eigenvalue weighted by Gasteiger charge is -2.34. The van der Waals surface area contributed by atoms with E-state index in [0.717, 1.165) is 42.5 Å². The maximum absolute atomic E-state index is 13.2. The molecular formula is C23H25F3N6O. The number of benzene rings is 2. The molecule has 0 radical (unpaired) electrons. The predicted molar refractivity (Wildman–Crippen MR) is 122 cm³/mol. The molecule has 7 nitrogen and oxygen atoms in total. The van der Waals surface area contributed by atoms with Gasteiger partial charge in [-0.1, -0.05) is 12.1 Å². The van der Waals surface area contributed by atoms with Gasteiger partial charge < -0.3 is 21.3 Å².